The Morgan fingerprint density at radius 3 is 2.44 bits per heavy atom. The number of hydrogen-bond donors (Lipinski definition) is 1. The fourth-order valence-corrected chi connectivity index (χ4v) is 3.38. The van der Waals surface area contributed by atoms with Gasteiger partial charge >= 0.3 is 0 Å². The fourth-order valence-electron chi connectivity index (χ4n) is 3.38. The minimum absolute atomic E-state index is 0.381. The van der Waals surface area contributed by atoms with Crippen molar-refractivity contribution in [2.45, 2.75) is 33.2 Å². The molecule has 0 unspecified atom stereocenters. The van der Waals surface area contributed by atoms with Crippen LogP contribution < -0.4 is 5.73 Å². The molecule has 0 saturated carbocycles. The lowest BCUT2D eigenvalue weighted by Gasteiger charge is -2.12. The van der Waals surface area contributed by atoms with Gasteiger partial charge in [0.1, 0.15) is 0 Å². The molecular formula is C21H23N3O. The van der Waals surface area contributed by atoms with Crippen LogP contribution in [0.4, 0.5) is 0 Å². The average molecular weight is 333 g/mol. The third-order valence-electron chi connectivity index (χ3n) is 4.47. The highest BCUT2D eigenvalue weighted by molar-refractivity contribution is 6.02. The maximum absolute atomic E-state index is 12.2. The minimum atomic E-state index is -0.381. The molecule has 4 heteroatoms. The Bertz CT molecular complexity index is 867. The lowest BCUT2D eigenvalue weighted by molar-refractivity contribution is 0.1000. The molecule has 2 heterocycles. The Labute approximate surface area is 148 Å². The summed E-state index contributed by atoms with van der Waals surface area (Å²) in [5.41, 5.74) is 11.4. The number of aromatic nitrogens is 2. The van der Waals surface area contributed by atoms with E-state index >= 15 is 0 Å². The maximum atomic E-state index is 12.2. The quantitative estimate of drug-likeness (QED) is 0.742. The molecule has 2 aromatic heterocycles. The SMILES string of the molecule is CCCc1c(-c2ccccc2)c(C(N)=O)c(C)n1Cc1ccccn1. The average Bonchev–Trinajstić information content (AvgIpc) is 2.90. The van der Waals surface area contributed by atoms with Gasteiger partial charge in [0, 0.05) is 23.1 Å². The van der Waals surface area contributed by atoms with Gasteiger partial charge in [-0.3, -0.25) is 9.78 Å². The number of amides is 1. The first-order valence-electron chi connectivity index (χ1n) is 8.60. The summed E-state index contributed by atoms with van der Waals surface area (Å²) < 4.78 is 2.19. The molecule has 0 fully saturated rings. The standard InChI is InChI=1S/C21H23N3O/c1-3-9-18-20(16-10-5-4-6-11-16)19(21(22)25)15(2)24(18)14-17-12-7-8-13-23-17/h4-8,10-13H,3,9,14H2,1-2H3,(H2,22,25). The van der Waals surface area contributed by atoms with Gasteiger partial charge in [0.2, 0.25) is 0 Å². The number of nitrogens with two attached hydrogens (primary N) is 1. The van der Waals surface area contributed by atoms with E-state index in [-0.39, 0.29) is 5.91 Å². The van der Waals surface area contributed by atoms with E-state index < -0.39 is 0 Å². The van der Waals surface area contributed by atoms with Crippen molar-refractivity contribution >= 4 is 5.91 Å². The number of benzene rings is 1. The second-order valence-corrected chi connectivity index (χ2v) is 6.17. The van der Waals surface area contributed by atoms with E-state index in [1.54, 1.807) is 6.20 Å². The van der Waals surface area contributed by atoms with Gasteiger partial charge in [0.25, 0.3) is 5.91 Å². The highest BCUT2D eigenvalue weighted by Crippen LogP contribution is 2.34. The Hall–Kier alpha value is -2.88. The number of pyridine rings is 1. The number of nitrogens with zero attached hydrogens (tertiary/aromatic N) is 2. The lowest BCUT2D eigenvalue weighted by atomic mass is 9.98. The topological polar surface area (TPSA) is 60.9 Å². The van der Waals surface area contributed by atoms with Gasteiger partial charge in [-0.2, -0.15) is 0 Å². The Balaban J connectivity index is 2.22. The summed E-state index contributed by atoms with van der Waals surface area (Å²) in [5.74, 6) is -0.381. The van der Waals surface area contributed by atoms with Gasteiger partial charge in [-0.25, -0.2) is 0 Å². The molecular weight excluding hydrogens is 310 g/mol. The van der Waals surface area contributed by atoms with Crippen molar-refractivity contribution in [2.24, 2.45) is 5.73 Å². The zero-order chi connectivity index (χ0) is 17.8. The molecule has 0 aliphatic carbocycles. The van der Waals surface area contributed by atoms with Crippen LogP contribution in [0.2, 0.25) is 0 Å². The van der Waals surface area contributed by atoms with Gasteiger partial charge < -0.3 is 10.3 Å². The van der Waals surface area contributed by atoms with Gasteiger partial charge in [-0.15, -0.1) is 0 Å². The monoisotopic (exact) mass is 333 g/mol. The first-order chi connectivity index (χ1) is 12.1. The van der Waals surface area contributed by atoms with Crippen LogP contribution in [-0.4, -0.2) is 15.5 Å². The molecule has 2 N–H and O–H groups in total. The molecule has 0 aliphatic rings. The van der Waals surface area contributed by atoms with Crippen LogP contribution >= 0.6 is 0 Å². The molecule has 3 aromatic rings. The minimum Gasteiger partial charge on any atom is -0.366 e. The van der Waals surface area contributed by atoms with Gasteiger partial charge in [-0.1, -0.05) is 49.7 Å². The molecule has 0 spiro atoms. The van der Waals surface area contributed by atoms with Crippen LogP contribution in [0.3, 0.4) is 0 Å². The molecule has 4 nitrogen and oxygen atoms in total. The molecule has 0 radical (unpaired) electrons. The summed E-state index contributed by atoms with van der Waals surface area (Å²) in [7, 11) is 0. The van der Waals surface area contributed by atoms with Crippen molar-refractivity contribution in [3.63, 3.8) is 0 Å². The first-order valence-corrected chi connectivity index (χ1v) is 8.60. The van der Waals surface area contributed by atoms with Crippen molar-refractivity contribution in [1.29, 1.82) is 0 Å². The van der Waals surface area contributed by atoms with Crippen LogP contribution in [0.1, 0.15) is 40.8 Å². The predicted molar refractivity (Wildman–Crippen MR) is 100 cm³/mol. The van der Waals surface area contributed by atoms with Crippen molar-refractivity contribution in [1.82, 2.24) is 9.55 Å². The molecule has 0 saturated heterocycles. The number of rotatable bonds is 6. The fraction of sp³-hybridized carbons (Fsp3) is 0.238. The number of hydrogen-bond acceptors (Lipinski definition) is 2. The van der Waals surface area contributed by atoms with Crippen LogP contribution in [-0.2, 0) is 13.0 Å². The molecule has 1 amide bonds. The van der Waals surface area contributed by atoms with Crippen molar-refractivity contribution in [3.05, 3.63) is 77.4 Å². The summed E-state index contributed by atoms with van der Waals surface area (Å²) >= 11 is 0. The largest absolute Gasteiger partial charge is 0.366 e. The van der Waals surface area contributed by atoms with Gasteiger partial charge in [0.05, 0.1) is 17.8 Å². The molecule has 25 heavy (non-hydrogen) atoms. The molecule has 1 aromatic carbocycles. The van der Waals surface area contributed by atoms with Crippen molar-refractivity contribution in [2.75, 3.05) is 0 Å². The van der Waals surface area contributed by atoms with E-state index in [1.165, 1.54) is 0 Å². The van der Waals surface area contributed by atoms with E-state index in [4.69, 9.17) is 5.73 Å². The second kappa shape index (κ2) is 7.34. The van der Waals surface area contributed by atoms with E-state index in [1.807, 2.05) is 55.5 Å². The molecule has 3 rings (SSSR count). The van der Waals surface area contributed by atoms with E-state index in [9.17, 15) is 4.79 Å². The smallest absolute Gasteiger partial charge is 0.251 e. The Morgan fingerprint density at radius 2 is 1.84 bits per heavy atom. The summed E-state index contributed by atoms with van der Waals surface area (Å²) in [6.07, 6.45) is 3.66. The summed E-state index contributed by atoms with van der Waals surface area (Å²) in [5, 5.41) is 0. The zero-order valence-corrected chi connectivity index (χ0v) is 14.7. The number of carbonyl (C=O) groups is 1. The van der Waals surface area contributed by atoms with E-state index in [2.05, 4.69) is 16.5 Å². The third-order valence-corrected chi connectivity index (χ3v) is 4.47. The third kappa shape index (κ3) is 3.33. The van der Waals surface area contributed by atoms with Crippen molar-refractivity contribution < 1.29 is 4.79 Å². The van der Waals surface area contributed by atoms with Gasteiger partial charge in [0.15, 0.2) is 0 Å². The first kappa shape index (κ1) is 17.0. The van der Waals surface area contributed by atoms with Crippen molar-refractivity contribution in [3.8, 4) is 11.1 Å². The van der Waals surface area contributed by atoms with Crippen LogP contribution in [0.5, 0.6) is 0 Å². The molecule has 0 aliphatic heterocycles. The summed E-state index contributed by atoms with van der Waals surface area (Å²) in [4.78, 5) is 16.7. The highest BCUT2D eigenvalue weighted by atomic mass is 16.1. The predicted octanol–water partition coefficient (Wildman–Crippen LogP) is 3.96. The highest BCUT2D eigenvalue weighted by Gasteiger charge is 2.24. The lowest BCUT2D eigenvalue weighted by Crippen LogP contribution is -2.13. The zero-order valence-electron chi connectivity index (χ0n) is 14.7. The normalized spacial score (nSPS) is 10.8. The van der Waals surface area contributed by atoms with Crippen LogP contribution in [0, 0.1) is 6.92 Å². The van der Waals surface area contributed by atoms with E-state index in [0.717, 1.165) is 41.1 Å². The van der Waals surface area contributed by atoms with E-state index in [0.29, 0.717) is 12.1 Å². The molecule has 0 bridgehead atoms. The van der Waals surface area contributed by atoms with Crippen LogP contribution in [0.15, 0.2) is 54.7 Å². The summed E-state index contributed by atoms with van der Waals surface area (Å²) in [6, 6.07) is 15.9. The Morgan fingerprint density at radius 1 is 1.12 bits per heavy atom. The Kier molecular flexibility index (Phi) is 4.98. The summed E-state index contributed by atoms with van der Waals surface area (Å²) in [6.45, 7) is 4.75. The van der Waals surface area contributed by atoms with Crippen LogP contribution in [0.25, 0.3) is 11.1 Å². The maximum Gasteiger partial charge on any atom is 0.251 e. The number of primary amides is 1. The molecule has 128 valence electrons. The van der Waals surface area contributed by atoms with Gasteiger partial charge in [-0.05, 0) is 31.0 Å². The second-order valence-electron chi connectivity index (χ2n) is 6.17. The molecule has 0 atom stereocenters. The number of carbonyl (C=O) groups excluding carboxylic acids is 1.